The molecule has 0 saturated heterocycles. The van der Waals surface area contributed by atoms with Gasteiger partial charge in [-0.05, 0) is 55.8 Å². The number of primary amides is 1. The Bertz CT molecular complexity index is 1340. The van der Waals surface area contributed by atoms with Gasteiger partial charge in [-0.1, -0.05) is 20.8 Å². The van der Waals surface area contributed by atoms with Gasteiger partial charge in [-0.3, -0.25) is 25.1 Å². The van der Waals surface area contributed by atoms with Crippen molar-refractivity contribution in [3.63, 3.8) is 0 Å². The number of anilines is 1. The Morgan fingerprint density at radius 1 is 1.07 bits per heavy atom. The Morgan fingerprint density at radius 2 is 1.70 bits per heavy atom. The second-order valence-corrected chi connectivity index (χ2v) is 12.9. The first-order valence-corrected chi connectivity index (χ1v) is 13.4. The van der Waals surface area contributed by atoms with Gasteiger partial charge >= 0.3 is 0 Å². The Hall–Kier alpha value is -3.41. The molecule has 1 aromatic rings. The fourth-order valence-electron chi connectivity index (χ4n) is 6.77. The molecule has 1 amide bonds. The molecule has 3 aliphatic rings. The number of carbonyl (C=O) groups excluding carboxylic acids is 3. The first-order valence-electron chi connectivity index (χ1n) is 13.4. The van der Waals surface area contributed by atoms with Crippen LogP contribution >= 0.6 is 0 Å². The zero-order valence-electron chi connectivity index (χ0n) is 24.3. The van der Waals surface area contributed by atoms with Gasteiger partial charge in [0.1, 0.15) is 22.8 Å². The minimum Gasteiger partial charge on any atom is -0.511 e. The van der Waals surface area contributed by atoms with Gasteiger partial charge in [0.2, 0.25) is 0 Å². The zero-order valence-corrected chi connectivity index (χ0v) is 24.3. The number of nitrogens with two attached hydrogens (primary N) is 2. The van der Waals surface area contributed by atoms with Crippen LogP contribution in [0.15, 0.2) is 28.7 Å². The number of benzene rings is 1. The highest BCUT2D eigenvalue weighted by Gasteiger charge is 2.54. The molecule has 11 heteroatoms. The number of ketones is 2. The molecule has 0 saturated carbocycles. The van der Waals surface area contributed by atoms with Crippen LogP contribution in [0, 0.1) is 23.2 Å². The number of Topliss-reactive ketones (excluding diaryl/α,β-unsaturated/α-hetero) is 2. The topological polar surface area (TPSA) is 174 Å². The number of carbonyl (C=O) groups is 3. The highest BCUT2D eigenvalue weighted by Crippen LogP contribution is 2.51. The van der Waals surface area contributed by atoms with Crippen LogP contribution in [0.5, 0.6) is 5.75 Å². The number of amides is 1. The molecule has 0 spiro atoms. The summed E-state index contributed by atoms with van der Waals surface area (Å²) in [7, 11) is 7.11. The van der Waals surface area contributed by atoms with E-state index >= 15 is 0 Å². The second-order valence-electron chi connectivity index (χ2n) is 12.9. The number of fused-ring (bicyclic) bond motifs is 3. The molecule has 0 aromatic heterocycles. The van der Waals surface area contributed by atoms with E-state index in [1.54, 1.807) is 24.0 Å². The monoisotopic (exact) mass is 555 g/mol. The first kappa shape index (κ1) is 29.6. The zero-order chi connectivity index (χ0) is 30.0. The van der Waals surface area contributed by atoms with Crippen LogP contribution in [0.25, 0.3) is 0 Å². The lowest BCUT2D eigenvalue weighted by Gasteiger charge is -2.46. The SMILES string of the molecule is CN(C)c1cc(CN(N)CC(C)(C)C)c(O)c2c1C[C@H]1C[C@@H]3C(C(=O)C(C(N)=O)=C(O)[C@H]3N(C)C)C(O)=C1C2=O. The summed E-state index contributed by atoms with van der Waals surface area (Å²) in [5, 5.41) is 35.4. The number of likely N-dealkylation sites (N-methyl/N-ethyl adjacent to an activating group) is 1. The van der Waals surface area contributed by atoms with Gasteiger partial charge in [0, 0.05) is 44.0 Å². The third-order valence-corrected chi connectivity index (χ3v) is 8.15. The number of allylic oxidation sites excluding steroid dienone is 2. The summed E-state index contributed by atoms with van der Waals surface area (Å²) in [6, 6.07) is 1.08. The minimum atomic E-state index is -1.22. The predicted octanol–water partition coefficient (Wildman–Crippen LogP) is 1.79. The van der Waals surface area contributed by atoms with E-state index in [4.69, 9.17) is 11.6 Å². The molecule has 7 N–H and O–H groups in total. The quantitative estimate of drug-likeness (QED) is 0.198. The van der Waals surface area contributed by atoms with Crippen molar-refractivity contribution in [2.45, 2.75) is 46.2 Å². The van der Waals surface area contributed by atoms with Gasteiger partial charge in [0.05, 0.1) is 17.5 Å². The van der Waals surface area contributed by atoms with E-state index in [2.05, 4.69) is 0 Å². The summed E-state index contributed by atoms with van der Waals surface area (Å²) in [4.78, 5) is 43.2. The van der Waals surface area contributed by atoms with E-state index in [-0.39, 0.29) is 28.8 Å². The molecule has 218 valence electrons. The van der Waals surface area contributed by atoms with E-state index in [1.807, 2.05) is 45.8 Å². The van der Waals surface area contributed by atoms with Crippen LogP contribution in [0.3, 0.4) is 0 Å². The summed E-state index contributed by atoms with van der Waals surface area (Å²) >= 11 is 0. The fourth-order valence-corrected chi connectivity index (χ4v) is 6.77. The third kappa shape index (κ3) is 4.86. The fraction of sp³-hybridized carbons (Fsp3) is 0.552. The maximum absolute atomic E-state index is 14.1. The molecule has 0 radical (unpaired) electrons. The number of hydrogen-bond acceptors (Lipinski definition) is 10. The number of aliphatic hydroxyl groups is 2. The van der Waals surface area contributed by atoms with Gasteiger partial charge in [-0.15, -0.1) is 0 Å². The van der Waals surface area contributed by atoms with Gasteiger partial charge in [0.25, 0.3) is 5.91 Å². The lowest BCUT2D eigenvalue weighted by molar-refractivity contribution is -0.127. The number of aromatic hydroxyl groups is 1. The molecule has 0 heterocycles. The molecular weight excluding hydrogens is 514 g/mol. The van der Waals surface area contributed by atoms with Crippen LogP contribution in [0.1, 0.15) is 48.7 Å². The highest BCUT2D eigenvalue weighted by atomic mass is 16.3. The van der Waals surface area contributed by atoms with Gasteiger partial charge < -0.3 is 26.0 Å². The van der Waals surface area contributed by atoms with E-state index in [9.17, 15) is 29.7 Å². The first-order chi connectivity index (χ1) is 18.5. The third-order valence-electron chi connectivity index (χ3n) is 8.15. The van der Waals surface area contributed by atoms with Gasteiger partial charge in [-0.2, -0.15) is 0 Å². The maximum Gasteiger partial charge on any atom is 0.255 e. The molecule has 0 fully saturated rings. The molecule has 4 atom stereocenters. The number of aliphatic hydroxyl groups excluding tert-OH is 2. The average Bonchev–Trinajstić information content (AvgIpc) is 2.78. The van der Waals surface area contributed by atoms with Crippen molar-refractivity contribution in [2.24, 2.45) is 34.7 Å². The molecule has 1 unspecified atom stereocenters. The Morgan fingerprint density at radius 3 is 2.23 bits per heavy atom. The van der Waals surface area contributed by atoms with Crippen molar-refractivity contribution >= 4 is 23.2 Å². The van der Waals surface area contributed by atoms with Gasteiger partial charge in [-0.25, -0.2) is 5.01 Å². The molecule has 1 aromatic carbocycles. The standard InChI is InChI=1S/C29H41N5O6/c1-29(2,3)12-34(31)11-14-10-17(32(4)5)15-8-13-9-16-20(25(37)18(13)24(36)19(15)23(14)35)26(38)21(28(30)40)27(39)22(16)33(6)7/h10,13,16,20,22,35,37,39H,8-9,11-12,31H2,1-7H3,(H2,30,40)/t13-,16+,20?,22-/m0/s1. The summed E-state index contributed by atoms with van der Waals surface area (Å²) in [5.41, 5.74) is 6.81. The largest absolute Gasteiger partial charge is 0.511 e. The van der Waals surface area contributed by atoms with E-state index in [0.29, 0.717) is 30.5 Å². The average molecular weight is 556 g/mol. The maximum atomic E-state index is 14.1. The molecule has 40 heavy (non-hydrogen) atoms. The number of hydrazine groups is 1. The molecular formula is C29H41N5O6. The van der Waals surface area contributed by atoms with Crippen LogP contribution in [0.2, 0.25) is 0 Å². The molecule has 4 rings (SSSR count). The van der Waals surface area contributed by atoms with Crippen molar-refractivity contribution < 1.29 is 29.7 Å². The Kier molecular flexibility index (Phi) is 7.55. The number of phenols is 1. The van der Waals surface area contributed by atoms with E-state index in [1.165, 1.54) is 0 Å². The van der Waals surface area contributed by atoms with Crippen molar-refractivity contribution in [3.05, 3.63) is 45.4 Å². The van der Waals surface area contributed by atoms with Crippen LogP contribution in [0.4, 0.5) is 5.69 Å². The number of nitrogens with zero attached hydrogens (tertiary/aromatic N) is 3. The van der Waals surface area contributed by atoms with Crippen molar-refractivity contribution in [2.75, 3.05) is 39.6 Å². The number of phenolic OH excluding ortho intramolecular Hbond substituents is 1. The van der Waals surface area contributed by atoms with Crippen molar-refractivity contribution in [1.29, 1.82) is 0 Å². The smallest absolute Gasteiger partial charge is 0.255 e. The van der Waals surface area contributed by atoms with Crippen molar-refractivity contribution in [3.8, 4) is 5.75 Å². The van der Waals surface area contributed by atoms with Crippen LogP contribution < -0.4 is 16.5 Å². The van der Waals surface area contributed by atoms with Crippen LogP contribution in [-0.4, -0.2) is 83.5 Å². The lowest BCUT2D eigenvalue weighted by atomic mass is 9.60. The highest BCUT2D eigenvalue weighted by molar-refractivity contribution is 6.22. The Labute approximate surface area is 234 Å². The molecule has 0 aliphatic heterocycles. The van der Waals surface area contributed by atoms with Crippen LogP contribution in [-0.2, 0) is 22.6 Å². The summed E-state index contributed by atoms with van der Waals surface area (Å²) in [6.07, 6.45) is 0.637. The molecule has 0 bridgehead atoms. The van der Waals surface area contributed by atoms with E-state index < -0.39 is 58.4 Å². The van der Waals surface area contributed by atoms with Crippen molar-refractivity contribution in [1.82, 2.24) is 9.91 Å². The summed E-state index contributed by atoms with van der Waals surface area (Å²) in [5.74, 6) is 0.508. The van der Waals surface area contributed by atoms with E-state index in [0.717, 1.165) is 5.69 Å². The normalized spacial score (nSPS) is 24.9. The lowest BCUT2D eigenvalue weighted by Crippen LogP contribution is -2.53. The summed E-state index contributed by atoms with van der Waals surface area (Å²) in [6.45, 7) is 6.88. The van der Waals surface area contributed by atoms with Gasteiger partial charge in [0.15, 0.2) is 11.6 Å². The molecule has 11 nitrogen and oxygen atoms in total. The number of hydrogen-bond donors (Lipinski definition) is 5. The number of rotatable bonds is 6. The second kappa shape index (κ2) is 10.2. The molecule has 3 aliphatic carbocycles. The summed E-state index contributed by atoms with van der Waals surface area (Å²) < 4.78 is 0. The Balaban J connectivity index is 1.86. The minimum absolute atomic E-state index is 0.0567. The predicted molar refractivity (Wildman–Crippen MR) is 151 cm³/mol.